The highest BCUT2D eigenvalue weighted by Crippen LogP contribution is 2.60. The van der Waals surface area contributed by atoms with Crippen LogP contribution in [0.5, 0.6) is 23.0 Å². The second-order valence-electron chi connectivity index (χ2n) is 25.7. The summed E-state index contributed by atoms with van der Waals surface area (Å²) in [5.74, 6) is 2.88. The Morgan fingerprint density at radius 1 is 0.466 bits per heavy atom. The van der Waals surface area contributed by atoms with E-state index in [4.69, 9.17) is 9.47 Å². The van der Waals surface area contributed by atoms with E-state index >= 15 is 0 Å². The van der Waals surface area contributed by atoms with Crippen molar-refractivity contribution in [2.45, 2.75) is 130 Å². The minimum absolute atomic E-state index is 0.00486. The maximum absolute atomic E-state index is 6.97. The standard InChI is InChI=1S/C68H67BN2O2/c1-40-33-50-51(67(10,11)32-31-66(50,8)9)37-54(40)70-55-39-60-59(72-57-25-19-20-26-58(57)73-60)38-52(55)69-62-47(35-43(36-56(62)70)65(5,6)7)44-28-29-49-61(45-23-17-18-24-48(45)68(49,12)13)63(44)71(69)53-30-27-42(64(2,3)4)34-46(53)41-21-15-14-16-22-41/h14-30,33-39H,31-32H2,1-13H3. The number of aryl methyl sites for hydroxylation is 1. The monoisotopic (exact) mass is 955 g/mol. The summed E-state index contributed by atoms with van der Waals surface area (Å²) in [6, 6.07) is 55.3. The third-order valence-electron chi connectivity index (χ3n) is 17.6. The maximum Gasteiger partial charge on any atom is 0.333 e. The van der Waals surface area contributed by atoms with Gasteiger partial charge in [-0.3, -0.25) is 0 Å². The maximum atomic E-state index is 6.97. The summed E-state index contributed by atoms with van der Waals surface area (Å²) >= 11 is 0. The van der Waals surface area contributed by atoms with Gasteiger partial charge in [0.25, 0.3) is 0 Å². The predicted octanol–water partition coefficient (Wildman–Crippen LogP) is 17.5. The third kappa shape index (κ3) is 6.72. The molecule has 0 saturated carbocycles. The number of fused-ring (bicyclic) bond motifs is 11. The van der Waals surface area contributed by atoms with Crippen molar-refractivity contribution in [3.05, 3.63) is 185 Å². The molecule has 0 saturated heterocycles. The molecule has 4 nitrogen and oxygen atoms in total. The zero-order valence-corrected chi connectivity index (χ0v) is 45.1. The molecule has 0 spiro atoms. The van der Waals surface area contributed by atoms with Gasteiger partial charge in [0, 0.05) is 56.6 Å². The quantitative estimate of drug-likeness (QED) is 0.165. The number of hydrogen-bond acceptors (Lipinski definition) is 4. The lowest BCUT2D eigenvalue weighted by Gasteiger charge is -2.48. The number of ether oxygens (including phenoxy) is 2. The minimum Gasteiger partial charge on any atom is -0.450 e. The van der Waals surface area contributed by atoms with Crippen LogP contribution in [0.25, 0.3) is 33.4 Å². The molecule has 0 atom stereocenters. The molecular weight excluding hydrogens is 888 g/mol. The molecule has 0 amide bonds. The summed E-state index contributed by atoms with van der Waals surface area (Å²) in [4.78, 5) is 5.38. The molecule has 5 aliphatic rings. The molecule has 3 heterocycles. The van der Waals surface area contributed by atoms with Crippen LogP contribution >= 0.6 is 0 Å². The second kappa shape index (κ2) is 15.3. The van der Waals surface area contributed by atoms with Crippen LogP contribution in [0.4, 0.5) is 28.4 Å². The number of para-hydroxylation sites is 2. The summed E-state index contributed by atoms with van der Waals surface area (Å²) in [6.07, 6.45) is 2.29. The Bertz CT molecular complexity index is 3660. The van der Waals surface area contributed by atoms with Crippen molar-refractivity contribution in [3.63, 3.8) is 0 Å². The highest BCUT2D eigenvalue weighted by molar-refractivity contribution is 6.94. The Balaban J connectivity index is 1.21. The summed E-state index contributed by atoms with van der Waals surface area (Å²) in [6.45, 7) is 30.7. The van der Waals surface area contributed by atoms with Gasteiger partial charge >= 0.3 is 6.85 Å². The lowest BCUT2D eigenvalue weighted by Crippen LogP contribution is -2.62. The fourth-order valence-corrected chi connectivity index (χ4v) is 13.2. The summed E-state index contributed by atoms with van der Waals surface area (Å²) in [5, 5.41) is 0. The molecule has 364 valence electrons. The van der Waals surface area contributed by atoms with E-state index in [9.17, 15) is 0 Å². The molecule has 5 heteroatoms. The van der Waals surface area contributed by atoms with Crippen LogP contribution in [0.3, 0.4) is 0 Å². The Morgan fingerprint density at radius 2 is 1.08 bits per heavy atom. The normalized spacial score (nSPS) is 16.9. The average molecular weight is 955 g/mol. The summed E-state index contributed by atoms with van der Waals surface area (Å²) in [5.41, 5.74) is 25.1. The molecule has 2 aliphatic carbocycles. The zero-order chi connectivity index (χ0) is 50.9. The van der Waals surface area contributed by atoms with Crippen LogP contribution in [0.2, 0.25) is 0 Å². The van der Waals surface area contributed by atoms with E-state index in [1.54, 1.807) is 0 Å². The van der Waals surface area contributed by atoms with Crippen LogP contribution in [0.15, 0.2) is 146 Å². The van der Waals surface area contributed by atoms with E-state index in [0.717, 1.165) is 35.8 Å². The van der Waals surface area contributed by atoms with Gasteiger partial charge in [0.15, 0.2) is 23.0 Å². The molecule has 0 bridgehead atoms. The fraction of sp³-hybridized carbons (Fsp3) is 0.294. The molecular formula is C68H67BN2O2. The lowest BCUT2D eigenvalue weighted by atomic mass is 9.43. The van der Waals surface area contributed by atoms with Crippen molar-refractivity contribution in [2.75, 3.05) is 9.71 Å². The van der Waals surface area contributed by atoms with Crippen molar-refractivity contribution < 1.29 is 9.47 Å². The Morgan fingerprint density at radius 3 is 1.77 bits per heavy atom. The molecule has 0 radical (unpaired) electrons. The number of hydrogen-bond donors (Lipinski definition) is 0. The lowest BCUT2D eigenvalue weighted by molar-refractivity contribution is 0.332. The average Bonchev–Trinajstić information content (AvgIpc) is 3.59. The molecule has 8 aromatic rings. The van der Waals surface area contributed by atoms with E-state index in [1.165, 1.54) is 106 Å². The first kappa shape index (κ1) is 45.9. The molecule has 0 unspecified atom stereocenters. The van der Waals surface area contributed by atoms with Gasteiger partial charge in [-0.15, -0.1) is 0 Å². The Hall–Kier alpha value is -6.98. The predicted molar refractivity (Wildman–Crippen MR) is 307 cm³/mol. The largest absolute Gasteiger partial charge is 0.450 e. The van der Waals surface area contributed by atoms with Gasteiger partial charge in [-0.1, -0.05) is 180 Å². The number of nitrogens with zero attached hydrogens (tertiary/aromatic N) is 2. The van der Waals surface area contributed by atoms with Gasteiger partial charge in [0.2, 0.25) is 0 Å². The Labute approximate surface area is 434 Å². The SMILES string of the molecule is Cc1cc2c(cc1N1c3cc4c(cc3B3c5c(cc(C(C)(C)C)cc51)-c1ccc5c(c1N3c1ccc(C(C)(C)C)cc1-c1ccccc1)-c1ccccc1C5(C)C)Oc1ccccc1O4)C(C)(C)CCC2(C)C. The fourth-order valence-electron chi connectivity index (χ4n) is 13.2. The van der Waals surface area contributed by atoms with Crippen molar-refractivity contribution in [1.82, 2.24) is 0 Å². The van der Waals surface area contributed by atoms with Crippen LogP contribution in [0, 0.1) is 6.92 Å². The summed E-state index contributed by atoms with van der Waals surface area (Å²) < 4.78 is 13.9. The van der Waals surface area contributed by atoms with Crippen molar-refractivity contribution in [2.24, 2.45) is 0 Å². The molecule has 73 heavy (non-hydrogen) atoms. The van der Waals surface area contributed by atoms with Gasteiger partial charge < -0.3 is 19.2 Å². The van der Waals surface area contributed by atoms with Crippen molar-refractivity contribution in [3.8, 4) is 56.4 Å². The van der Waals surface area contributed by atoms with Gasteiger partial charge in [-0.25, -0.2) is 0 Å². The Kier molecular flexibility index (Phi) is 9.61. The van der Waals surface area contributed by atoms with Gasteiger partial charge in [0.05, 0.1) is 0 Å². The topological polar surface area (TPSA) is 24.9 Å². The zero-order valence-electron chi connectivity index (χ0n) is 45.1. The molecule has 0 aromatic heterocycles. The first-order chi connectivity index (χ1) is 34.6. The van der Waals surface area contributed by atoms with E-state index in [-0.39, 0.29) is 33.9 Å². The molecule has 0 fully saturated rings. The molecule has 0 N–H and O–H groups in total. The van der Waals surface area contributed by atoms with Gasteiger partial charge in [-0.2, -0.15) is 0 Å². The van der Waals surface area contributed by atoms with E-state index < -0.39 is 0 Å². The van der Waals surface area contributed by atoms with Crippen molar-refractivity contribution >= 4 is 46.2 Å². The first-order valence-electron chi connectivity index (χ1n) is 26.7. The number of rotatable bonds is 3. The highest BCUT2D eigenvalue weighted by atomic mass is 16.6. The van der Waals surface area contributed by atoms with Crippen LogP contribution in [0.1, 0.15) is 135 Å². The molecule has 8 aromatic carbocycles. The van der Waals surface area contributed by atoms with Crippen LogP contribution < -0.4 is 30.1 Å². The second-order valence-corrected chi connectivity index (χ2v) is 25.7. The highest BCUT2D eigenvalue weighted by Gasteiger charge is 2.51. The van der Waals surface area contributed by atoms with Gasteiger partial charge in [0.1, 0.15) is 0 Å². The molecule has 13 rings (SSSR count). The smallest absolute Gasteiger partial charge is 0.333 e. The van der Waals surface area contributed by atoms with E-state index in [2.05, 4.69) is 221 Å². The van der Waals surface area contributed by atoms with E-state index in [1.807, 2.05) is 24.3 Å². The minimum atomic E-state index is -0.275. The summed E-state index contributed by atoms with van der Waals surface area (Å²) in [7, 11) is 0. The number of anilines is 5. The van der Waals surface area contributed by atoms with Crippen LogP contribution in [-0.4, -0.2) is 6.85 Å². The van der Waals surface area contributed by atoms with Gasteiger partial charge in [-0.05, 0) is 150 Å². The van der Waals surface area contributed by atoms with Crippen LogP contribution in [-0.2, 0) is 27.1 Å². The molecule has 3 aliphatic heterocycles. The number of benzene rings is 8. The third-order valence-corrected chi connectivity index (χ3v) is 17.6. The van der Waals surface area contributed by atoms with E-state index in [0.29, 0.717) is 5.75 Å². The first-order valence-corrected chi connectivity index (χ1v) is 26.7. The van der Waals surface area contributed by atoms with Crippen molar-refractivity contribution in [1.29, 1.82) is 0 Å².